The van der Waals surface area contributed by atoms with Gasteiger partial charge in [0, 0.05) is 29.4 Å². The van der Waals surface area contributed by atoms with Crippen LogP contribution in [0.1, 0.15) is 37.7 Å². The third-order valence-electron chi connectivity index (χ3n) is 6.32. The molecule has 0 atom stereocenters. The predicted octanol–water partition coefficient (Wildman–Crippen LogP) is 5.81. The summed E-state index contributed by atoms with van der Waals surface area (Å²) in [6, 6.07) is 15.1. The van der Waals surface area contributed by atoms with Gasteiger partial charge in [0.1, 0.15) is 6.54 Å². The number of likely N-dealkylation sites (tertiary alicyclic amines) is 1. The first-order valence-corrected chi connectivity index (χ1v) is 11.8. The lowest BCUT2D eigenvalue weighted by Gasteiger charge is -2.20. The van der Waals surface area contributed by atoms with Gasteiger partial charge < -0.3 is 20.5 Å². The second-order valence-corrected chi connectivity index (χ2v) is 9.23. The summed E-state index contributed by atoms with van der Waals surface area (Å²) >= 11 is 0. The fourth-order valence-electron chi connectivity index (χ4n) is 4.29. The van der Waals surface area contributed by atoms with Crippen molar-refractivity contribution in [2.75, 3.05) is 25.9 Å². The number of benzene rings is 2. The molecule has 0 amide bonds. The van der Waals surface area contributed by atoms with Gasteiger partial charge >= 0.3 is 6.18 Å². The smallest absolute Gasteiger partial charge is 0.398 e. The molecule has 2 aromatic carbocycles. The molecule has 1 saturated heterocycles. The molecular formula is C26H33F3N4. The summed E-state index contributed by atoms with van der Waals surface area (Å²) in [6.45, 7) is 2.38. The first-order chi connectivity index (χ1) is 15.8. The van der Waals surface area contributed by atoms with Crippen molar-refractivity contribution in [1.29, 1.82) is 0 Å². The van der Waals surface area contributed by atoms with Gasteiger partial charge in [0.2, 0.25) is 0 Å². The maximum Gasteiger partial charge on any atom is 0.406 e. The third kappa shape index (κ3) is 6.51. The zero-order chi connectivity index (χ0) is 23.4. The highest BCUT2D eigenvalue weighted by atomic mass is 19.4. The van der Waals surface area contributed by atoms with E-state index < -0.39 is 12.7 Å². The number of piperidine rings is 1. The number of anilines is 1. The molecule has 0 spiro atoms. The van der Waals surface area contributed by atoms with Crippen molar-refractivity contribution in [3.63, 3.8) is 0 Å². The Hall–Kier alpha value is -2.51. The van der Waals surface area contributed by atoms with Crippen molar-refractivity contribution < 1.29 is 13.2 Å². The molecule has 2 heterocycles. The summed E-state index contributed by atoms with van der Waals surface area (Å²) in [6.07, 6.45) is 2.41. The summed E-state index contributed by atoms with van der Waals surface area (Å²) in [7, 11) is 2.19. The van der Waals surface area contributed by atoms with Crippen LogP contribution >= 0.6 is 0 Å². The molecule has 33 heavy (non-hydrogen) atoms. The lowest BCUT2D eigenvalue weighted by Crippen LogP contribution is -2.24. The number of alkyl halides is 3. The highest BCUT2D eigenvalue weighted by Crippen LogP contribution is 2.34. The Kier molecular flexibility index (Phi) is 7.29. The van der Waals surface area contributed by atoms with Crippen LogP contribution in [-0.4, -0.2) is 41.8 Å². The van der Waals surface area contributed by atoms with Crippen molar-refractivity contribution >= 4 is 16.6 Å². The molecule has 1 aliphatic carbocycles. The molecule has 5 rings (SSSR count). The van der Waals surface area contributed by atoms with Crippen molar-refractivity contribution in [1.82, 2.24) is 14.8 Å². The summed E-state index contributed by atoms with van der Waals surface area (Å²) in [5, 5.41) is 4.08. The van der Waals surface area contributed by atoms with Crippen LogP contribution in [0.2, 0.25) is 0 Å². The van der Waals surface area contributed by atoms with Gasteiger partial charge in [0.25, 0.3) is 0 Å². The van der Waals surface area contributed by atoms with Gasteiger partial charge in [-0.2, -0.15) is 13.2 Å². The van der Waals surface area contributed by atoms with Crippen LogP contribution in [-0.2, 0) is 13.1 Å². The number of nitrogens with zero attached hydrogens (tertiary/aromatic N) is 2. The van der Waals surface area contributed by atoms with E-state index >= 15 is 0 Å². The first kappa shape index (κ1) is 23.6. The van der Waals surface area contributed by atoms with E-state index in [2.05, 4.69) is 17.3 Å². The molecule has 0 bridgehead atoms. The average Bonchev–Trinajstić information content (AvgIpc) is 3.55. The summed E-state index contributed by atoms with van der Waals surface area (Å²) < 4.78 is 40.7. The summed E-state index contributed by atoms with van der Waals surface area (Å²) in [4.78, 5) is 2.39. The summed E-state index contributed by atoms with van der Waals surface area (Å²) in [5.41, 5.74) is 9.35. The second-order valence-electron chi connectivity index (χ2n) is 9.23. The minimum absolute atomic E-state index is 0.481. The molecule has 1 aromatic heterocycles. The average molecular weight is 459 g/mol. The Bertz CT molecular complexity index is 1050. The van der Waals surface area contributed by atoms with Crippen LogP contribution in [0.5, 0.6) is 0 Å². The molecule has 2 aliphatic rings. The highest BCUT2D eigenvalue weighted by Gasteiger charge is 2.30. The van der Waals surface area contributed by atoms with Crippen molar-refractivity contribution in [3.05, 3.63) is 54.1 Å². The van der Waals surface area contributed by atoms with Crippen LogP contribution in [0.4, 0.5) is 18.9 Å². The van der Waals surface area contributed by atoms with E-state index in [9.17, 15) is 13.2 Å². The minimum Gasteiger partial charge on any atom is -0.398 e. The maximum absolute atomic E-state index is 13.1. The van der Waals surface area contributed by atoms with E-state index in [0.717, 1.165) is 17.7 Å². The number of fused-ring (bicyclic) bond motifs is 1. The van der Waals surface area contributed by atoms with Crippen molar-refractivity contribution in [2.24, 2.45) is 0 Å². The summed E-state index contributed by atoms with van der Waals surface area (Å²) in [5.74, 6) is 0. The van der Waals surface area contributed by atoms with Crippen LogP contribution in [0, 0.1) is 0 Å². The van der Waals surface area contributed by atoms with E-state index in [-0.39, 0.29) is 0 Å². The van der Waals surface area contributed by atoms with Crippen LogP contribution in [0.25, 0.3) is 22.2 Å². The number of nitrogens with two attached hydrogens (primary N) is 1. The first-order valence-electron chi connectivity index (χ1n) is 11.8. The van der Waals surface area contributed by atoms with Gasteiger partial charge in [-0.15, -0.1) is 0 Å². The van der Waals surface area contributed by atoms with Gasteiger partial charge in [-0.1, -0.05) is 36.8 Å². The standard InChI is InChI=1S/C20H20F3N3.C6H13N/c21-20(22,23)12-26-18-3-1-2-17(24)16(18)10-19(26)14-6-4-13(5-7-14)11-25-15-8-9-15;1-7-5-3-2-4-6-7/h1-7,10,15,25H,8-9,11-12,24H2;2-6H2,1H3. The number of hydrogen-bond donors (Lipinski definition) is 2. The number of aromatic nitrogens is 1. The zero-order valence-corrected chi connectivity index (χ0v) is 19.2. The van der Waals surface area contributed by atoms with Gasteiger partial charge in [0.15, 0.2) is 0 Å². The molecule has 2 fully saturated rings. The molecular weight excluding hydrogens is 425 g/mol. The second kappa shape index (κ2) is 10.2. The van der Waals surface area contributed by atoms with Crippen molar-refractivity contribution in [2.45, 2.75) is 57.4 Å². The van der Waals surface area contributed by atoms with E-state index in [1.54, 1.807) is 24.3 Å². The van der Waals surface area contributed by atoms with Crippen LogP contribution < -0.4 is 11.1 Å². The monoisotopic (exact) mass is 458 g/mol. The molecule has 3 aromatic rings. The molecule has 178 valence electrons. The third-order valence-corrected chi connectivity index (χ3v) is 6.32. The highest BCUT2D eigenvalue weighted by molar-refractivity contribution is 5.95. The fourth-order valence-corrected chi connectivity index (χ4v) is 4.29. The molecule has 0 radical (unpaired) electrons. The largest absolute Gasteiger partial charge is 0.406 e. The minimum atomic E-state index is -4.31. The number of halogens is 3. The van der Waals surface area contributed by atoms with E-state index in [1.165, 1.54) is 49.8 Å². The molecule has 7 heteroatoms. The number of nitrogen functional groups attached to an aromatic ring is 1. The van der Waals surface area contributed by atoms with Gasteiger partial charge in [-0.05, 0) is 75.1 Å². The Morgan fingerprint density at radius 3 is 2.27 bits per heavy atom. The normalized spacial score (nSPS) is 17.1. The fraction of sp³-hybridized carbons (Fsp3) is 0.462. The van der Waals surface area contributed by atoms with Gasteiger partial charge in [-0.25, -0.2) is 0 Å². The molecule has 1 saturated carbocycles. The Morgan fingerprint density at radius 1 is 1.00 bits per heavy atom. The number of hydrogen-bond acceptors (Lipinski definition) is 3. The Labute approximate surface area is 193 Å². The van der Waals surface area contributed by atoms with Crippen molar-refractivity contribution in [3.8, 4) is 11.3 Å². The molecule has 3 N–H and O–H groups in total. The van der Waals surface area contributed by atoms with Gasteiger partial charge in [0.05, 0.1) is 5.52 Å². The molecule has 0 unspecified atom stereocenters. The zero-order valence-electron chi connectivity index (χ0n) is 19.2. The quantitative estimate of drug-likeness (QED) is 0.475. The predicted molar refractivity (Wildman–Crippen MR) is 129 cm³/mol. The maximum atomic E-state index is 13.1. The topological polar surface area (TPSA) is 46.2 Å². The van der Waals surface area contributed by atoms with E-state index in [1.807, 2.05) is 24.3 Å². The van der Waals surface area contributed by atoms with E-state index in [0.29, 0.717) is 28.3 Å². The Balaban J connectivity index is 0.000000318. The lowest BCUT2D eigenvalue weighted by atomic mass is 10.1. The van der Waals surface area contributed by atoms with Crippen LogP contribution in [0.15, 0.2) is 48.5 Å². The Morgan fingerprint density at radius 2 is 1.70 bits per heavy atom. The number of rotatable bonds is 5. The SMILES string of the molecule is CN1CCCCC1.Nc1cccc2c1cc(-c1ccc(CNC3CC3)cc1)n2CC(F)(F)F. The number of nitrogens with one attached hydrogen (secondary N) is 1. The van der Waals surface area contributed by atoms with E-state index in [4.69, 9.17) is 5.73 Å². The molecule has 1 aliphatic heterocycles. The van der Waals surface area contributed by atoms with Crippen LogP contribution in [0.3, 0.4) is 0 Å². The lowest BCUT2D eigenvalue weighted by molar-refractivity contribution is -0.139. The molecule has 4 nitrogen and oxygen atoms in total. The van der Waals surface area contributed by atoms with Gasteiger partial charge in [-0.3, -0.25) is 0 Å².